The van der Waals surface area contributed by atoms with E-state index in [1.165, 1.54) is 5.56 Å². The van der Waals surface area contributed by atoms with Crippen LogP contribution in [-0.4, -0.2) is 73.2 Å². The van der Waals surface area contributed by atoms with Crippen molar-refractivity contribution in [2.75, 3.05) is 43.2 Å². The zero-order valence-electron chi connectivity index (χ0n) is 28.4. The molecule has 0 aromatic heterocycles. The van der Waals surface area contributed by atoms with Gasteiger partial charge in [-0.15, -0.1) is 23.5 Å². The van der Waals surface area contributed by atoms with E-state index in [-0.39, 0.29) is 40.9 Å². The van der Waals surface area contributed by atoms with E-state index in [1.54, 1.807) is 25.3 Å². The minimum atomic E-state index is -4.07. The van der Waals surface area contributed by atoms with Gasteiger partial charge in [0.2, 0.25) is 10.0 Å². The number of hydrogen-bond acceptors (Lipinski definition) is 9. The fourth-order valence-electron chi connectivity index (χ4n) is 7.76. The number of fused-ring (bicyclic) bond motifs is 3. The predicted molar refractivity (Wildman–Crippen MR) is 201 cm³/mol. The highest BCUT2D eigenvalue weighted by atomic mass is 35.5. The lowest BCUT2D eigenvalue weighted by Gasteiger charge is -2.51. The summed E-state index contributed by atoms with van der Waals surface area (Å²) in [6, 6.07) is 11.1. The number of amides is 1. The quantitative estimate of drug-likeness (QED) is 0.318. The first-order valence-electron chi connectivity index (χ1n) is 17.6. The van der Waals surface area contributed by atoms with Gasteiger partial charge in [-0.2, -0.15) is 0 Å². The van der Waals surface area contributed by atoms with Gasteiger partial charge in [-0.3, -0.25) is 4.79 Å². The minimum Gasteiger partial charge on any atom is -0.487 e. The Balaban J connectivity index is 1.42. The van der Waals surface area contributed by atoms with Crippen molar-refractivity contribution < 1.29 is 27.8 Å². The van der Waals surface area contributed by atoms with Gasteiger partial charge < -0.3 is 19.5 Å². The van der Waals surface area contributed by atoms with Crippen molar-refractivity contribution in [1.82, 2.24) is 4.72 Å². The number of ether oxygens (including phenoxy) is 2. The number of methoxy groups -OCH3 is 1. The first kappa shape index (κ1) is 36.9. The van der Waals surface area contributed by atoms with Crippen molar-refractivity contribution in [3.05, 3.63) is 70.3 Å². The maximum Gasteiger partial charge on any atom is 0.264 e. The SMILES string of the molecule is COCC[C@@H]1[C@@H](C)C/C=C/[C@@](O)(C2SCCCS2)[C@@H]2CCC2CN2CCCCc3cc(Cl)ccc3COc3ccc(cc32)C(=O)NS1(=O)=O. The summed E-state index contributed by atoms with van der Waals surface area (Å²) in [5, 5.41) is 12.5. The summed E-state index contributed by atoms with van der Waals surface area (Å²) in [5.74, 6) is 2.01. The average molecular weight is 749 g/mol. The van der Waals surface area contributed by atoms with Crippen LogP contribution in [0.1, 0.15) is 73.4 Å². The Labute approximate surface area is 305 Å². The highest BCUT2D eigenvalue weighted by Crippen LogP contribution is 2.52. The summed E-state index contributed by atoms with van der Waals surface area (Å²) in [6.45, 7) is 3.93. The molecular weight excluding hydrogens is 700 g/mol. The summed E-state index contributed by atoms with van der Waals surface area (Å²) < 4.78 is 41.9. The number of halogens is 1. The molecule has 3 aliphatic heterocycles. The van der Waals surface area contributed by atoms with Crippen molar-refractivity contribution in [3.63, 3.8) is 0 Å². The normalized spacial score (nSPS) is 30.4. The topological polar surface area (TPSA) is 105 Å². The lowest BCUT2D eigenvalue weighted by Crippen LogP contribution is -2.54. The molecule has 2 aromatic carbocycles. The summed E-state index contributed by atoms with van der Waals surface area (Å²) in [5.41, 5.74) is 2.25. The second-order valence-corrected chi connectivity index (χ2v) is 19.0. The number of carbonyl (C=O) groups is 1. The van der Waals surface area contributed by atoms with Crippen LogP contribution in [0.15, 0.2) is 48.6 Å². The molecule has 2 bridgehead atoms. The van der Waals surface area contributed by atoms with E-state index in [2.05, 4.69) is 9.62 Å². The number of sulfonamides is 1. The number of nitrogens with one attached hydrogen (secondary N) is 1. The molecule has 1 aliphatic carbocycles. The number of benzene rings is 2. The zero-order chi connectivity index (χ0) is 34.6. The predicted octanol–water partition coefficient (Wildman–Crippen LogP) is 7.08. The lowest BCUT2D eigenvalue weighted by atomic mass is 9.64. The number of allylic oxidation sites excluding steroid dienone is 1. The first-order valence-corrected chi connectivity index (χ1v) is 21.6. The minimum absolute atomic E-state index is 0.0157. The Morgan fingerprint density at radius 3 is 2.67 bits per heavy atom. The average Bonchev–Trinajstić information content (AvgIpc) is 3.09. The fourth-order valence-corrected chi connectivity index (χ4v) is 12.8. The van der Waals surface area contributed by atoms with Crippen LogP contribution in [0.3, 0.4) is 0 Å². The van der Waals surface area contributed by atoms with E-state index in [1.807, 2.05) is 60.8 Å². The molecule has 49 heavy (non-hydrogen) atoms. The third-order valence-corrected chi connectivity index (χ3v) is 16.1. The van der Waals surface area contributed by atoms with Crippen LogP contribution in [-0.2, 0) is 27.8 Å². The maximum atomic E-state index is 13.8. The molecule has 0 spiro atoms. The molecule has 12 heteroatoms. The van der Waals surface area contributed by atoms with Gasteiger partial charge in [0.05, 0.1) is 15.5 Å². The van der Waals surface area contributed by atoms with E-state index in [9.17, 15) is 18.3 Å². The molecule has 1 unspecified atom stereocenters. The highest BCUT2D eigenvalue weighted by Gasteiger charge is 2.51. The smallest absolute Gasteiger partial charge is 0.264 e. The van der Waals surface area contributed by atoms with Crippen LogP contribution in [0.25, 0.3) is 0 Å². The zero-order valence-corrected chi connectivity index (χ0v) is 31.6. The van der Waals surface area contributed by atoms with Crippen molar-refractivity contribution in [2.24, 2.45) is 17.8 Å². The number of aryl methyl sites for hydroxylation is 1. The molecule has 2 aromatic rings. The van der Waals surface area contributed by atoms with Gasteiger partial charge >= 0.3 is 0 Å². The summed E-state index contributed by atoms with van der Waals surface area (Å²) in [6.07, 6.45) is 10.5. The molecule has 4 aliphatic rings. The number of aliphatic hydroxyl groups is 1. The van der Waals surface area contributed by atoms with Gasteiger partial charge in [-0.25, -0.2) is 13.1 Å². The van der Waals surface area contributed by atoms with Crippen molar-refractivity contribution >= 4 is 56.7 Å². The largest absolute Gasteiger partial charge is 0.487 e. The van der Waals surface area contributed by atoms with Crippen LogP contribution < -0.4 is 14.4 Å². The Morgan fingerprint density at radius 2 is 1.92 bits per heavy atom. The Morgan fingerprint density at radius 1 is 1.10 bits per heavy atom. The van der Waals surface area contributed by atoms with Crippen molar-refractivity contribution in [1.29, 1.82) is 0 Å². The molecule has 5 atom stereocenters. The number of thioether (sulfide) groups is 2. The highest BCUT2D eigenvalue weighted by molar-refractivity contribution is 8.17. The second-order valence-electron chi connectivity index (χ2n) is 14.0. The summed E-state index contributed by atoms with van der Waals surface area (Å²) in [7, 11) is -2.52. The Hall–Kier alpha value is -1.89. The van der Waals surface area contributed by atoms with Crippen molar-refractivity contribution in [2.45, 2.75) is 80.3 Å². The summed E-state index contributed by atoms with van der Waals surface area (Å²) >= 11 is 10.1. The molecule has 268 valence electrons. The maximum absolute atomic E-state index is 13.8. The van der Waals surface area contributed by atoms with Crippen LogP contribution in [0.4, 0.5) is 5.69 Å². The monoisotopic (exact) mass is 748 g/mol. The molecule has 2 N–H and O–H groups in total. The fraction of sp³-hybridized carbons (Fsp3) is 0.595. The molecule has 1 saturated carbocycles. The second kappa shape index (κ2) is 16.2. The van der Waals surface area contributed by atoms with E-state index in [0.717, 1.165) is 67.8 Å². The number of carbonyl (C=O) groups excluding carboxylic acids is 1. The van der Waals surface area contributed by atoms with Crippen LogP contribution in [0.2, 0.25) is 5.02 Å². The molecule has 1 amide bonds. The number of nitrogens with zero attached hydrogens (tertiary/aromatic N) is 1. The molecule has 8 nitrogen and oxygen atoms in total. The van der Waals surface area contributed by atoms with E-state index in [0.29, 0.717) is 30.3 Å². The number of hydrogen-bond donors (Lipinski definition) is 2. The van der Waals surface area contributed by atoms with Crippen LogP contribution >= 0.6 is 35.1 Å². The van der Waals surface area contributed by atoms with Crippen LogP contribution in [0.5, 0.6) is 5.75 Å². The Kier molecular flexibility index (Phi) is 12.2. The lowest BCUT2D eigenvalue weighted by molar-refractivity contribution is -0.0331. The number of anilines is 1. The van der Waals surface area contributed by atoms with Gasteiger partial charge in [-0.1, -0.05) is 36.7 Å². The first-order chi connectivity index (χ1) is 23.6. The van der Waals surface area contributed by atoms with E-state index in [4.69, 9.17) is 21.1 Å². The molecule has 1 saturated heterocycles. The van der Waals surface area contributed by atoms with Crippen LogP contribution in [0, 0.1) is 17.8 Å². The molecule has 0 radical (unpaired) electrons. The van der Waals surface area contributed by atoms with Gasteiger partial charge in [0.1, 0.15) is 18.0 Å². The van der Waals surface area contributed by atoms with E-state index >= 15 is 0 Å². The van der Waals surface area contributed by atoms with Gasteiger partial charge in [0.25, 0.3) is 5.91 Å². The van der Waals surface area contributed by atoms with Gasteiger partial charge in [0.15, 0.2) is 0 Å². The molecule has 3 heterocycles. The third-order valence-electron chi connectivity index (χ3n) is 10.7. The van der Waals surface area contributed by atoms with Crippen molar-refractivity contribution in [3.8, 4) is 5.75 Å². The standard InChI is InChI=1S/C37H49ClN2O6S3/c1-25-7-5-16-37(42,36-47-19-6-20-48-36)31-13-10-28(31)23-40-17-4-3-8-26-21-30(38)12-9-29(26)24-46-33-14-11-27(22-32(33)40)35(41)39-49(43,44)34(25)15-18-45-2/h5,9,11-12,14,16,21-22,25,28,31,34,36,42H,3-4,6-8,10,13,15,17-20,23-24H2,1-2H3,(H,39,41)/b16-5+/t25-,28?,31+,34+,37-/m0/s1. The number of rotatable bonds is 4. The molecule has 6 rings (SSSR count). The van der Waals surface area contributed by atoms with Gasteiger partial charge in [0, 0.05) is 37.4 Å². The molecule has 2 fully saturated rings. The van der Waals surface area contributed by atoms with Gasteiger partial charge in [-0.05, 0) is 122 Å². The summed E-state index contributed by atoms with van der Waals surface area (Å²) in [4.78, 5) is 16.0. The van der Waals surface area contributed by atoms with E-state index < -0.39 is 26.8 Å². The molecular formula is C37H49ClN2O6S3. The third kappa shape index (κ3) is 8.44. The Bertz CT molecular complexity index is 1620.